The van der Waals surface area contributed by atoms with Crippen LogP contribution in [0.2, 0.25) is 0 Å². The number of rotatable bonds is 10. The van der Waals surface area contributed by atoms with Crippen molar-refractivity contribution in [2.24, 2.45) is 57.2 Å². The first-order valence-electron chi connectivity index (χ1n) is 20.9. The molecule has 9 nitrogen and oxygen atoms in total. The number of amides is 1. The number of ether oxygens (including phenoxy) is 5. The van der Waals surface area contributed by atoms with E-state index >= 15 is 0 Å². The van der Waals surface area contributed by atoms with Crippen LogP contribution in [0, 0.1) is 57.2 Å². The summed E-state index contributed by atoms with van der Waals surface area (Å²) in [5.41, 5.74) is -0.0376. The molecule has 0 aromatic rings. The van der Waals surface area contributed by atoms with Crippen molar-refractivity contribution in [1.82, 2.24) is 4.90 Å². The van der Waals surface area contributed by atoms with Crippen LogP contribution in [0.3, 0.4) is 0 Å². The van der Waals surface area contributed by atoms with Gasteiger partial charge in [-0.1, -0.05) is 27.7 Å². The molecule has 8 rings (SSSR count). The molecule has 4 unspecified atom stereocenters. The topological polar surface area (TPSA) is 104 Å². The molecule has 13 atom stereocenters. The Balaban J connectivity index is 0.951. The standard InChI is InChI=1S/C42H67NO8/c1-8-47-35(45)24-49-37(39(5,6)46)30-13-11-28-31(50-30)22-29-27-12-14-32-38(3,4)33(15-16-42(32)25(2)41(27,42)18-17-40(28,29)7)51-36-23-43(19-20-48-36)34(44)21-26-9-10-26/h25-33,36-37,46H,8-24H2,1-7H3/t25-,27-,28-,29?,30+,31+,32?,33-,36?,37-,40+,41-,42?/m0/s1. The molecule has 0 bridgehead atoms. The van der Waals surface area contributed by atoms with Crippen LogP contribution in [-0.4, -0.2) is 91.1 Å². The van der Waals surface area contributed by atoms with Crippen LogP contribution in [0.15, 0.2) is 0 Å². The van der Waals surface area contributed by atoms with Crippen molar-refractivity contribution >= 4 is 11.9 Å². The molecule has 288 valence electrons. The van der Waals surface area contributed by atoms with Gasteiger partial charge in [-0.05, 0) is 149 Å². The minimum Gasteiger partial charge on any atom is -0.464 e. The van der Waals surface area contributed by atoms with Gasteiger partial charge < -0.3 is 33.7 Å². The molecular weight excluding hydrogens is 646 g/mol. The molecule has 0 aromatic heterocycles. The van der Waals surface area contributed by atoms with Gasteiger partial charge in [0.15, 0.2) is 6.29 Å². The van der Waals surface area contributed by atoms with E-state index in [2.05, 4.69) is 27.7 Å². The van der Waals surface area contributed by atoms with Gasteiger partial charge in [0.05, 0.1) is 43.7 Å². The lowest BCUT2D eigenvalue weighted by Crippen LogP contribution is -2.56. The van der Waals surface area contributed by atoms with Gasteiger partial charge in [0, 0.05) is 13.0 Å². The zero-order chi connectivity index (χ0) is 36.1. The Bertz CT molecular complexity index is 1340. The average Bonchev–Trinajstić information content (AvgIpc) is 3.96. The number of hydrogen-bond acceptors (Lipinski definition) is 8. The molecule has 6 saturated carbocycles. The van der Waals surface area contributed by atoms with Gasteiger partial charge in [0.25, 0.3) is 0 Å². The van der Waals surface area contributed by atoms with Gasteiger partial charge >= 0.3 is 5.97 Å². The van der Waals surface area contributed by atoms with E-state index < -0.39 is 17.7 Å². The highest BCUT2D eigenvalue weighted by Gasteiger charge is 2.84. The Morgan fingerprint density at radius 3 is 2.45 bits per heavy atom. The monoisotopic (exact) mass is 713 g/mol. The highest BCUT2D eigenvalue weighted by molar-refractivity contribution is 5.76. The van der Waals surface area contributed by atoms with Gasteiger partial charge in [-0.2, -0.15) is 0 Å². The van der Waals surface area contributed by atoms with Crippen LogP contribution in [0.25, 0.3) is 0 Å². The van der Waals surface area contributed by atoms with Gasteiger partial charge in [-0.25, -0.2) is 4.79 Å². The van der Waals surface area contributed by atoms with E-state index in [-0.39, 0.29) is 47.9 Å². The fourth-order valence-electron chi connectivity index (χ4n) is 14.4. The first-order chi connectivity index (χ1) is 24.2. The second-order valence-electron chi connectivity index (χ2n) is 19.7. The molecule has 51 heavy (non-hydrogen) atoms. The third-order valence-electron chi connectivity index (χ3n) is 16.8. The first kappa shape index (κ1) is 36.7. The number of morpholine rings is 1. The summed E-state index contributed by atoms with van der Waals surface area (Å²) in [6.45, 7) is 17.4. The molecule has 1 N–H and O–H groups in total. The minimum absolute atomic E-state index is 0.0427. The third kappa shape index (κ3) is 5.78. The summed E-state index contributed by atoms with van der Waals surface area (Å²) in [6.07, 6.45) is 12.7. The molecule has 8 fully saturated rings. The highest BCUT2D eigenvalue weighted by atomic mass is 16.7. The molecule has 0 radical (unpaired) electrons. The Morgan fingerprint density at radius 1 is 0.961 bits per heavy atom. The van der Waals surface area contributed by atoms with Crippen molar-refractivity contribution < 1.29 is 38.4 Å². The molecule has 8 aliphatic rings. The van der Waals surface area contributed by atoms with Crippen LogP contribution in [-0.2, 0) is 33.3 Å². The van der Waals surface area contributed by atoms with E-state index in [0.29, 0.717) is 67.2 Å². The lowest BCUT2D eigenvalue weighted by molar-refractivity contribution is -0.244. The second-order valence-corrected chi connectivity index (χ2v) is 19.7. The number of nitrogens with zero attached hydrogens (tertiary/aromatic N) is 1. The molecule has 0 aromatic carbocycles. The summed E-state index contributed by atoms with van der Waals surface area (Å²) in [4.78, 5) is 27.1. The normalized spacial score (nSPS) is 46.1. The maximum atomic E-state index is 12.9. The van der Waals surface area contributed by atoms with E-state index in [0.717, 1.165) is 37.5 Å². The average molecular weight is 714 g/mol. The lowest BCUT2D eigenvalue weighted by atomic mass is 9.46. The summed E-state index contributed by atoms with van der Waals surface area (Å²) in [7, 11) is 0. The largest absolute Gasteiger partial charge is 0.464 e. The van der Waals surface area contributed by atoms with Crippen LogP contribution < -0.4 is 0 Å². The fraction of sp³-hybridized carbons (Fsp3) is 0.952. The Hall–Kier alpha value is -1.26. The zero-order valence-electron chi connectivity index (χ0n) is 32.6. The highest BCUT2D eigenvalue weighted by Crippen LogP contribution is 2.89. The maximum absolute atomic E-state index is 12.9. The van der Waals surface area contributed by atoms with Crippen LogP contribution >= 0.6 is 0 Å². The predicted molar refractivity (Wildman–Crippen MR) is 191 cm³/mol. The number of carbonyl (C=O) groups is 2. The molecule has 2 aliphatic heterocycles. The molecule has 9 heteroatoms. The molecule has 6 aliphatic carbocycles. The number of carbonyl (C=O) groups excluding carboxylic acids is 2. The van der Waals surface area contributed by atoms with E-state index in [1.165, 1.54) is 44.9 Å². The molecule has 1 amide bonds. The van der Waals surface area contributed by atoms with Gasteiger partial charge in [0.1, 0.15) is 12.7 Å². The number of esters is 1. The summed E-state index contributed by atoms with van der Waals surface area (Å²) in [5, 5.41) is 11.1. The van der Waals surface area contributed by atoms with E-state index in [1.54, 1.807) is 20.8 Å². The summed E-state index contributed by atoms with van der Waals surface area (Å²) >= 11 is 0. The Labute approximate surface area is 306 Å². The molecule has 2 spiro atoms. The maximum Gasteiger partial charge on any atom is 0.332 e. The van der Waals surface area contributed by atoms with Crippen LogP contribution in [0.1, 0.15) is 126 Å². The van der Waals surface area contributed by atoms with Crippen molar-refractivity contribution in [3.63, 3.8) is 0 Å². The SMILES string of the molecule is CCOC(=O)CO[C@@H]([C@H]1CC[C@H]2[C@@H](CC3[C@@H]4CCC5C(C)(C)[C@@H](OC6CN(C(=O)CC7CC7)CCO6)CCC56[C@@H](C)[C@@]46CC[C@@]32C)O1)C(C)(C)O. The van der Waals surface area contributed by atoms with Crippen molar-refractivity contribution in [3.05, 3.63) is 0 Å². The van der Waals surface area contributed by atoms with Crippen LogP contribution in [0.4, 0.5) is 0 Å². The van der Waals surface area contributed by atoms with Crippen LogP contribution in [0.5, 0.6) is 0 Å². The smallest absolute Gasteiger partial charge is 0.332 e. The summed E-state index contributed by atoms with van der Waals surface area (Å²) in [5.74, 6) is 3.72. The van der Waals surface area contributed by atoms with Gasteiger partial charge in [0.2, 0.25) is 5.91 Å². The number of aliphatic hydroxyl groups is 1. The van der Waals surface area contributed by atoms with Crippen molar-refractivity contribution in [2.45, 2.75) is 162 Å². The lowest BCUT2D eigenvalue weighted by Gasteiger charge is -2.60. The third-order valence-corrected chi connectivity index (χ3v) is 16.8. The summed E-state index contributed by atoms with van der Waals surface area (Å²) in [6, 6.07) is 0. The van der Waals surface area contributed by atoms with E-state index in [1.807, 2.05) is 4.90 Å². The van der Waals surface area contributed by atoms with Crippen molar-refractivity contribution in [2.75, 3.05) is 32.9 Å². The zero-order valence-corrected chi connectivity index (χ0v) is 32.6. The molecule has 2 heterocycles. The number of fused-ring (bicyclic) bond motifs is 4. The molecular formula is C42H67NO8. The Morgan fingerprint density at radius 2 is 1.73 bits per heavy atom. The van der Waals surface area contributed by atoms with Crippen molar-refractivity contribution in [1.29, 1.82) is 0 Å². The van der Waals surface area contributed by atoms with Gasteiger partial charge in [-0.3, -0.25) is 4.79 Å². The minimum atomic E-state index is -1.14. The summed E-state index contributed by atoms with van der Waals surface area (Å²) < 4.78 is 31.2. The van der Waals surface area contributed by atoms with E-state index in [4.69, 9.17) is 23.7 Å². The number of hydrogen-bond donors (Lipinski definition) is 1. The first-order valence-corrected chi connectivity index (χ1v) is 20.9. The fourth-order valence-corrected chi connectivity index (χ4v) is 14.4. The predicted octanol–water partition coefficient (Wildman–Crippen LogP) is 6.53. The second kappa shape index (κ2) is 12.9. The molecule has 2 saturated heterocycles. The quantitative estimate of drug-likeness (QED) is 0.255. The van der Waals surface area contributed by atoms with Crippen molar-refractivity contribution in [3.8, 4) is 0 Å². The Kier molecular flexibility index (Phi) is 9.29. The van der Waals surface area contributed by atoms with E-state index in [9.17, 15) is 14.7 Å². The van der Waals surface area contributed by atoms with Gasteiger partial charge in [-0.15, -0.1) is 0 Å².